The van der Waals surface area contributed by atoms with Crippen molar-refractivity contribution in [1.82, 2.24) is 0 Å². The Bertz CT molecular complexity index is 664. The van der Waals surface area contributed by atoms with Crippen LogP contribution in [0.5, 0.6) is 0 Å². The number of hydrogen-bond donors (Lipinski definition) is 0. The van der Waals surface area contributed by atoms with Crippen LogP contribution in [-0.4, -0.2) is 25.2 Å². The lowest BCUT2D eigenvalue weighted by molar-refractivity contribution is -0.139. The summed E-state index contributed by atoms with van der Waals surface area (Å²) in [7, 11) is 0. The molecule has 0 saturated carbocycles. The van der Waals surface area contributed by atoms with Crippen LogP contribution in [-0.2, 0) is 19.1 Å². The lowest BCUT2D eigenvalue weighted by Crippen LogP contribution is -2.04. The first-order valence-corrected chi connectivity index (χ1v) is 9.37. The minimum Gasteiger partial charge on any atom is -0.463 e. The van der Waals surface area contributed by atoms with E-state index >= 15 is 0 Å². The van der Waals surface area contributed by atoms with Crippen LogP contribution in [0.25, 0.3) is 0 Å². The van der Waals surface area contributed by atoms with Crippen LogP contribution in [0.3, 0.4) is 0 Å². The van der Waals surface area contributed by atoms with Gasteiger partial charge in [0.25, 0.3) is 0 Å². The Morgan fingerprint density at radius 2 is 0.964 bits per heavy atom. The normalized spacial score (nSPS) is 14.4. The van der Waals surface area contributed by atoms with Gasteiger partial charge >= 0.3 is 11.9 Å². The molecule has 152 valence electrons. The van der Waals surface area contributed by atoms with Gasteiger partial charge in [0.1, 0.15) is 0 Å². The van der Waals surface area contributed by atoms with Crippen LogP contribution in [0.4, 0.5) is 0 Å². The summed E-state index contributed by atoms with van der Waals surface area (Å²) in [6, 6.07) is 0. The minimum atomic E-state index is -0.297. The van der Waals surface area contributed by atoms with E-state index in [1.54, 1.807) is 39.8 Å². The molecule has 0 atom stereocenters. The molecule has 0 heterocycles. The molecule has 0 aromatic heterocycles. The smallest absolute Gasteiger partial charge is 0.333 e. The third-order valence-electron chi connectivity index (χ3n) is 3.43. The van der Waals surface area contributed by atoms with E-state index in [9.17, 15) is 9.59 Å². The minimum absolute atomic E-state index is 0.297. The molecule has 0 fully saturated rings. The van der Waals surface area contributed by atoms with Crippen molar-refractivity contribution in [2.24, 2.45) is 0 Å². The zero-order valence-corrected chi connectivity index (χ0v) is 17.8. The first-order valence-electron chi connectivity index (χ1n) is 9.37. The van der Waals surface area contributed by atoms with Gasteiger partial charge in [0.05, 0.1) is 13.2 Å². The molecular formula is C24H32O4. The highest BCUT2D eigenvalue weighted by Crippen LogP contribution is 2.02. The first kappa shape index (κ1) is 25.1. The maximum Gasteiger partial charge on any atom is 0.333 e. The lowest BCUT2D eigenvalue weighted by atomic mass is 10.2. The zero-order valence-electron chi connectivity index (χ0n) is 17.8. The van der Waals surface area contributed by atoms with Gasteiger partial charge in [-0.1, -0.05) is 71.9 Å². The molecule has 0 aliphatic heterocycles. The van der Waals surface area contributed by atoms with Gasteiger partial charge in [0.2, 0.25) is 0 Å². The molecule has 28 heavy (non-hydrogen) atoms. The van der Waals surface area contributed by atoms with Crippen molar-refractivity contribution in [3.05, 3.63) is 83.1 Å². The molecule has 0 aromatic carbocycles. The van der Waals surface area contributed by atoms with Crippen LogP contribution in [0.2, 0.25) is 0 Å². The SMILES string of the molecule is CCOC(=O)/C(C)=C/C=C/C(C)=C/C=C/C=C(C)/C=C/C=C(\C)C(=O)OCC. The van der Waals surface area contributed by atoms with Crippen molar-refractivity contribution >= 4 is 11.9 Å². The van der Waals surface area contributed by atoms with E-state index in [2.05, 4.69) is 0 Å². The van der Waals surface area contributed by atoms with Crippen LogP contribution in [0.15, 0.2) is 83.1 Å². The second-order valence-corrected chi connectivity index (χ2v) is 6.06. The van der Waals surface area contributed by atoms with E-state index in [4.69, 9.17) is 9.47 Å². The molecule has 0 amide bonds. The maximum atomic E-state index is 11.5. The average molecular weight is 385 g/mol. The number of hydrogen-bond acceptors (Lipinski definition) is 4. The molecule has 0 rings (SSSR count). The van der Waals surface area contributed by atoms with Gasteiger partial charge in [-0.25, -0.2) is 9.59 Å². The van der Waals surface area contributed by atoms with Gasteiger partial charge in [-0.3, -0.25) is 0 Å². The van der Waals surface area contributed by atoms with Crippen molar-refractivity contribution in [2.75, 3.05) is 13.2 Å². The molecule has 4 nitrogen and oxygen atoms in total. The van der Waals surface area contributed by atoms with E-state index in [1.807, 2.05) is 62.5 Å². The van der Waals surface area contributed by atoms with Gasteiger partial charge in [-0.2, -0.15) is 0 Å². The van der Waals surface area contributed by atoms with Crippen LogP contribution >= 0.6 is 0 Å². The highest BCUT2D eigenvalue weighted by atomic mass is 16.5. The molecule has 4 heteroatoms. The Kier molecular flexibility index (Phi) is 13.6. The third-order valence-corrected chi connectivity index (χ3v) is 3.43. The van der Waals surface area contributed by atoms with Gasteiger partial charge in [-0.15, -0.1) is 0 Å². The summed E-state index contributed by atoms with van der Waals surface area (Å²) >= 11 is 0. The summed E-state index contributed by atoms with van der Waals surface area (Å²) in [5.41, 5.74) is 3.25. The van der Waals surface area contributed by atoms with Gasteiger partial charge in [0, 0.05) is 11.1 Å². The Labute approximate surface area is 169 Å². The molecule has 0 N–H and O–H groups in total. The zero-order chi connectivity index (χ0) is 21.4. The van der Waals surface area contributed by atoms with Gasteiger partial charge < -0.3 is 9.47 Å². The molecular weight excluding hydrogens is 352 g/mol. The number of carbonyl (C=O) groups excluding carboxylic acids is 2. The van der Waals surface area contributed by atoms with Crippen LogP contribution < -0.4 is 0 Å². The summed E-state index contributed by atoms with van der Waals surface area (Å²) in [6.45, 7) is 11.7. The molecule has 0 aliphatic rings. The Balaban J connectivity index is 4.67. The van der Waals surface area contributed by atoms with E-state index in [1.165, 1.54) is 0 Å². The maximum absolute atomic E-state index is 11.5. The highest BCUT2D eigenvalue weighted by molar-refractivity contribution is 5.88. The summed E-state index contributed by atoms with van der Waals surface area (Å²) in [4.78, 5) is 23.0. The summed E-state index contributed by atoms with van der Waals surface area (Å²) in [5.74, 6) is -0.593. The predicted molar refractivity (Wildman–Crippen MR) is 116 cm³/mol. The highest BCUT2D eigenvalue weighted by Gasteiger charge is 2.02. The quantitative estimate of drug-likeness (QED) is 0.281. The number of allylic oxidation sites excluding steroid dienone is 12. The molecule has 0 radical (unpaired) electrons. The molecule has 0 aliphatic carbocycles. The molecule has 0 bridgehead atoms. The second kappa shape index (κ2) is 15.2. The van der Waals surface area contributed by atoms with Crippen molar-refractivity contribution in [2.45, 2.75) is 41.5 Å². The van der Waals surface area contributed by atoms with Crippen molar-refractivity contribution in [1.29, 1.82) is 0 Å². The van der Waals surface area contributed by atoms with Crippen molar-refractivity contribution in [3.8, 4) is 0 Å². The van der Waals surface area contributed by atoms with Gasteiger partial charge in [-0.05, 0) is 41.5 Å². The molecule has 0 aromatic rings. The van der Waals surface area contributed by atoms with Crippen LogP contribution in [0.1, 0.15) is 41.5 Å². The van der Waals surface area contributed by atoms with Gasteiger partial charge in [0.15, 0.2) is 0 Å². The number of rotatable bonds is 10. The fourth-order valence-electron chi connectivity index (χ4n) is 1.84. The average Bonchev–Trinajstić information content (AvgIpc) is 2.65. The standard InChI is InChI=1S/C24H32O4/c1-7-27-23(25)21(5)17-11-15-19(3)13-9-10-14-20(4)16-12-18-22(6)24(26)28-8-2/h9-18H,7-8H2,1-6H3/b10-9+,15-11+,16-12+,19-13+,20-14+,21-17+,22-18+. The molecule has 0 saturated heterocycles. The number of carbonyl (C=O) groups is 2. The Hall–Kier alpha value is -2.88. The largest absolute Gasteiger partial charge is 0.463 e. The third kappa shape index (κ3) is 12.5. The van der Waals surface area contributed by atoms with Crippen LogP contribution in [0, 0.1) is 0 Å². The Morgan fingerprint density at radius 3 is 1.29 bits per heavy atom. The van der Waals surface area contributed by atoms with E-state index < -0.39 is 0 Å². The molecule has 0 spiro atoms. The fourth-order valence-corrected chi connectivity index (χ4v) is 1.84. The van der Waals surface area contributed by atoms with E-state index in [0.29, 0.717) is 24.4 Å². The fraction of sp³-hybridized carbons (Fsp3) is 0.333. The summed E-state index contributed by atoms with van der Waals surface area (Å²) in [5, 5.41) is 0. The summed E-state index contributed by atoms with van der Waals surface area (Å²) in [6.07, 6.45) is 18.8. The monoisotopic (exact) mass is 384 g/mol. The predicted octanol–water partition coefficient (Wildman–Crippen LogP) is 5.57. The number of esters is 2. The summed E-state index contributed by atoms with van der Waals surface area (Å²) < 4.78 is 9.84. The topological polar surface area (TPSA) is 52.6 Å². The number of ether oxygens (including phenoxy) is 2. The van der Waals surface area contributed by atoms with Crippen molar-refractivity contribution in [3.63, 3.8) is 0 Å². The Morgan fingerprint density at radius 1 is 0.607 bits per heavy atom. The lowest BCUT2D eigenvalue weighted by Gasteiger charge is -1.99. The van der Waals surface area contributed by atoms with E-state index in [0.717, 1.165) is 11.1 Å². The second-order valence-electron chi connectivity index (χ2n) is 6.06. The first-order chi connectivity index (χ1) is 13.3. The van der Waals surface area contributed by atoms with Crippen molar-refractivity contribution < 1.29 is 19.1 Å². The molecule has 0 unspecified atom stereocenters. The van der Waals surface area contributed by atoms with E-state index in [-0.39, 0.29) is 11.9 Å².